The summed E-state index contributed by atoms with van der Waals surface area (Å²) in [5.74, 6) is 1.43. The quantitative estimate of drug-likeness (QED) is 0.579. The van der Waals surface area contributed by atoms with Crippen LogP contribution in [0.5, 0.6) is 11.5 Å². The van der Waals surface area contributed by atoms with Crippen molar-refractivity contribution in [2.24, 2.45) is 11.7 Å². The van der Waals surface area contributed by atoms with Crippen LogP contribution in [0.25, 0.3) is 0 Å². The van der Waals surface area contributed by atoms with Crippen LogP contribution in [0.15, 0.2) is 42.7 Å². The van der Waals surface area contributed by atoms with Crippen molar-refractivity contribution < 1.29 is 14.3 Å². The highest BCUT2D eigenvalue weighted by molar-refractivity contribution is 5.95. The Balaban J connectivity index is 0.00000392. The molecule has 0 aliphatic heterocycles. The van der Waals surface area contributed by atoms with E-state index in [1.807, 2.05) is 19.1 Å². The van der Waals surface area contributed by atoms with Crippen LogP contribution in [0.3, 0.4) is 0 Å². The van der Waals surface area contributed by atoms with Crippen molar-refractivity contribution in [3.8, 4) is 11.5 Å². The Morgan fingerprint density at radius 1 is 1.17 bits per heavy atom. The fourth-order valence-electron chi connectivity index (χ4n) is 2.73. The smallest absolute Gasteiger partial charge is 0.251 e. The third-order valence-corrected chi connectivity index (χ3v) is 4.00. The van der Waals surface area contributed by atoms with Crippen molar-refractivity contribution >= 4 is 30.7 Å². The zero-order valence-corrected chi connectivity index (χ0v) is 18.7. The highest BCUT2D eigenvalue weighted by atomic mass is 35.5. The zero-order chi connectivity index (χ0) is 19.6. The molecule has 0 saturated heterocycles. The lowest BCUT2D eigenvalue weighted by Gasteiger charge is -2.19. The van der Waals surface area contributed by atoms with E-state index in [1.165, 1.54) is 0 Å². The van der Waals surface area contributed by atoms with E-state index in [-0.39, 0.29) is 36.8 Å². The molecule has 0 aliphatic carbocycles. The topological polar surface area (TPSA) is 86.5 Å². The van der Waals surface area contributed by atoms with Gasteiger partial charge in [0.25, 0.3) is 5.91 Å². The van der Waals surface area contributed by atoms with E-state index >= 15 is 0 Å². The highest BCUT2D eigenvalue weighted by Crippen LogP contribution is 2.29. The first-order valence-electron chi connectivity index (χ1n) is 9.33. The summed E-state index contributed by atoms with van der Waals surface area (Å²) >= 11 is 0. The molecule has 1 unspecified atom stereocenters. The van der Waals surface area contributed by atoms with E-state index in [0.717, 1.165) is 12.0 Å². The summed E-state index contributed by atoms with van der Waals surface area (Å²) in [7, 11) is 0. The van der Waals surface area contributed by atoms with Crippen LogP contribution in [0, 0.1) is 5.92 Å². The van der Waals surface area contributed by atoms with Crippen LogP contribution in [0.2, 0.25) is 0 Å². The standard InChI is InChI=1S/C21H29N3O3.2ClH/c1-4-26-20-11-17(21(25)24-18(12-22)10-15(2)3)7-8-19(20)27-14-16-6-5-9-23-13-16;;/h5-9,11,13,15,18H,4,10,12,14,22H2,1-3H3,(H,24,25);2*1H. The van der Waals surface area contributed by atoms with E-state index in [9.17, 15) is 4.79 Å². The lowest BCUT2D eigenvalue weighted by molar-refractivity contribution is 0.0933. The molecular formula is C21H31Cl2N3O3. The minimum absolute atomic E-state index is 0. The number of nitrogens with two attached hydrogens (primary N) is 1. The van der Waals surface area contributed by atoms with E-state index in [2.05, 4.69) is 24.1 Å². The first kappa shape index (κ1) is 27.0. The number of benzene rings is 1. The minimum atomic E-state index is -0.161. The Labute approximate surface area is 185 Å². The molecule has 0 fully saturated rings. The summed E-state index contributed by atoms with van der Waals surface area (Å²) in [6, 6.07) is 8.96. The van der Waals surface area contributed by atoms with Crippen LogP contribution in [0.1, 0.15) is 43.1 Å². The summed E-state index contributed by atoms with van der Waals surface area (Å²) in [5.41, 5.74) is 7.26. The SMILES string of the molecule is CCOc1cc(C(=O)NC(CN)CC(C)C)ccc1OCc1cccnc1.Cl.Cl. The Morgan fingerprint density at radius 2 is 1.93 bits per heavy atom. The molecule has 8 heteroatoms. The summed E-state index contributed by atoms with van der Waals surface area (Å²) in [6.45, 7) is 7.38. The molecule has 0 radical (unpaired) electrons. The third kappa shape index (κ3) is 8.90. The molecule has 0 bridgehead atoms. The number of carbonyl (C=O) groups excluding carboxylic acids is 1. The average molecular weight is 444 g/mol. The molecule has 29 heavy (non-hydrogen) atoms. The first-order valence-corrected chi connectivity index (χ1v) is 9.33. The van der Waals surface area contributed by atoms with Gasteiger partial charge in [0.2, 0.25) is 0 Å². The molecule has 1 amide bonds. The summed E-state index contributed by atoms with van der Waals surface area (Å²) in [6.07, 6.45) is 4.31. The van der Waals surface area contributed by atoms with Crippen LogP contribution < -0.4 is 20.5 Å². The Kier molecular flexibility index (Phi) is 13.1. The number of halogens is 2. The molecule has 0 saturated carbocycles. The van der Waals surface area contributed by atoms with Crippen LogP contribution in [0.4, 0.5) is 0 Å². The van der Waals surface area contributed by atoms with Gasteiger partial charge >= 0.3 is 0 Å². The number of hydrogen-bond donors (Lipinski definition) is 2. The fraction of sp³-hybridized carbons (Fsp3) is 0.429. The number of nitrogens with one attached hydrogen (secondary N) is 1. The van der Waals surface area contributed by atoms with Gasteiger partial charge < -0.3 is 20.5 Å². The maximum Gasteiger partial charge on any atom is 0.251 e. The van der Waals surface area contributed by atoms with E-state index in [1.54, 1.807) is 30.6 Å². The first-order chi connectivity index (χ1) is 13.0. The van der Waals surface area contributed by atoms with E-state index in [0.29, 0.717) is 42.7 Å². The summed E-state index contributed by atoms with van der Waals surface area (Å²) < 4.78 is 11.5. The van der Waals surface area contributed by atoms with Gasteiger partial charge in [0, 0.05) is 36.1 Å². The molecule has 6 nitrogen and oxygen atoms in total. The van der Waals surface area contributed by atoms with Crippen molar-refractivity contribution in [1.29, 1.82) is 0 Å². The maximum absolute atomic E-state index is 12.6. The van der Waals surface area contributed by atoms with Gasteiger partial charge in [-0.3, -0.25) is 9.78 Å². The van der Waals surface area contributed by atoms with Crippen molar-refractivity contribution in [3.63, 3.8) is 0 Å². The van der Waals surface area contributed by atoms with Gasteiger partial charge in [-0.2, -0.15) is 0 Å². The molecule has 1 aromatic carbocycles. The molecule has 1 atom stereocenters. The van der Waals surface area contributed by atoms with Gasteiger partial charge in [-0.05, 0) is 43.5 Å². The summed E-state index contributed by atoms with van der Waals surface area (Å²) in [4.78, 5) is 16.6. The predicted molar refractivity (Wildman–Crippen MR) is 120 cm³/mol. The Bertz CT molecular complexity index is 730. The molecule has 0 spiro atoms. The Morgan fingerprint density at radius 3 is 2.52 bits per heavy atom. The van der Waals surface area contributed by atoms with Crippen LogP contribution in [-0.4, -0.2) is 30.1 Å². The highest BCUT2D eigenvalue weighted by Gasteiger charge is 2.16. The number of amides is 1. The lowest BCUT2D eigenvalue weighted by atomic mass is 10.0. The van der Waals surface area contributed by atoms with Crippen molar-refractivity contribution in [1.82, 2.24) is 10.3 Å². The minimum Gasteiger partial charge on any atom is -0.490 e. The van der Waals surface area contributed by atoms with Gasteiger partial charge in [-0.15, -0.1) is 24.8 Å². The van der Waals surface area contributed by atoms with Gasteiger partial charge in [0.05, 0.1) is 6.61 Å². The maximum atomic E-state index is 12.6. The third-order valence-electron chi connectivity index (χ3n) is 4.00. The van der Waals surface area contributed by atoms with Gasteiger partial charge in [-0.25, -0.2) is 0 Å². The molecule has 1 heterocycles. The van der Waals surface area contributed by atoms with Crippen molar-refractivity contribution in [2.75, 3.05) is 13.2 Å². The molecule has 2 aromatic rings. The average Bonchev–Trinajstić information content (AvgIpc) is 2.67. The number of rotatable bonds is 10. The second-order valence-corrected chi connectivity index (χ2v) is 6.78. The van der Waals surface area contributed by atoms with Gasteiger partial charge in [-0.1, -0.05) is 19.9 Å². The molecule has 2 rings (SSSR count). The van der Waals surface area contributed by atoms with Gasteiger partial charge in [0.1, 0.15) is 6.61 Å². The monoisotopic (exact) mass is 443 g/mol. The number of aromatic nitrogens is 1. The number of pyridine rings is 1. The molecule has 162 valence electrons. The molecular weight excluding hydrogens is 413 g/mol. The second-order valence-electron chi connectivity index (χ2n) is 6.78. The number of hydrogen-bond acceptors (Lipinski definition) is 5. The lowest BCUT2D eigenvalue weighted by Crippen LogP contribution is -2.41. The normalized spacial score (nSPS) is 11.1. The Hall–Kier alpha value is -2.02. The number of ether oxygens (including phenoxy) is 2. The van der Waals surface area contributed by atoms with E-state index < -0.39 is 0 Å². The van der Waals surface area contributed by atoms with Gasteiger partial charge in [0.15, 0.2) is 11.5 Å². The van der Waals surface area contributed by atoms with Crippen LogP contribution >= 0.6 is 24.8 Å². The van der Waals surface area contributed by atoms with E-state index in [4.69, 9.17) is 15.2 Å². The fourth-order valence-corrected chi connectivity index (χ4v) is 2.73. The largest absolute Gasteiger partial charge is 0.490 e. The van der Waals surface area contributed by atoms with Crippen molar-refractivity contribution in [2.45, 2.75) is 39.8 Å². The second kappa shape index (κ2) is 14.0. The number of nitrogens with zero attached hydrogens (tertiary/aromatic N) is 1. The zero-order valence-electron chi connectivity index (χ0n) is 17.1. The molecule has 3 N–H and O–H groups in total. The summed E-state index contributed by atoms with van der Waals surface area (Å²) in [5, 5.41) is 2.99. The van der Waals surface area contributed by atoms with Crippen LogP contribution in [-0.2, 0) is 6.61 Å². The number of carbonyl (C=O) groups is 1. The van der Waals surface area contributed by atoms with Crippen molar-refractivity contribution in [3.05, 3.63) is 53.9 Å². The molecule has 1 aromatic heterocycles. The predicted octanol–water partition coefficient (Wildman–Crippen LogP) is 4.01. The molecule has 0 aliphatic rings.